The van der Waals surface area contributed by atoms with Crippen molar-refractivity contribution < 1.29 is 4.74 Å². The summed E-state index contributed by atoms with van der Waals surface area (Å²) in [6.07, 6.45) is 3.78. The fraction of sp³-hybridized carbons (Fsp3) is 1.00. The van der Waals surface area contributed by atoms with E-state index < -0.39 is 0 Å². The van der Waals surface area contributed by atoms with E-state index in [1.807, 2.05) is 0 Å². The minimum absolute atomic E-state index is 0.425. The van der Waals surface area contributed by atoms with Gasteiger partial charge >= 0.3 is 0 Å². The van der Waals surface area contributed by atoms with Crippen LogP contribution >= 0.6 is 0 Å². The van der Waals surface area contributed by atoms with Gasteiger partial charge in [0.1, 0.15) is 0 Å². The Morgan fingerprint density at radius 3 is 1.33 bits per heavy atom. The minimum atomic E-state index is 0.425. The summed E-state index contributed by atoms with van der Waals surface area (Å²) in [5.41, 5.74) is 0.851. The zero-order chi connectivity index (χ0) is 11.4. The molecule has 0 amide bonds. The molecule has 0 spiro atoms. The lowest BCUT2D eigenvalue weighted by Gasteiger charge is -2.45. The van der Waals surface area contributed by atoms with Gasteiger partial charge in [0.05, 0.1) is 12.2 Å². The maximum absolute atomic E-state index is 5.73. The number of epoxide rings is 1. The zero-order valence-corrected chi connectivity index (χ0v) is 11.1. The van der Waals surface area contributed by atoms with Crippen LogP contribution in [0.5, 0.6) is 0 Å². The second-order valence-electron chi connectivity index (χ2n) is 7.63. The van der Waals surface area contributed by atoms with Crippen molar-refractivity contribution >= 4 is 0 Å². The van der Waals surface area contributed by atoms with Gasteiger partial charge in [0.15, 0.2) is 0 Å². The fourth-order valence-corrected chi connectivity index (χ4v) is 3.34. The van der Waals surface area contributed by atoms with Crippen LogP contribution in [0.4, 0.5) is 0 Å². The molecule has 4 unspecified atom stereocenters. The molecule has 4 atom stereocenters. The Morgan fingerprint density at radius 1 is 0.733 bits per heavy atom. The molecule has 1 heteroatoms. The van der Waals surface area contributed by atoms with Crippen molar-refractivity contribution in [2.75, 3.05) is 0 Å². The average molecular weight is 210 g/mol. The van der Waals surface area contributed by atoms with Gasteiger partial charge in [-0.2, -0.15) is 0 Å². The molecule has 0 radical (unpaired) electrons. The molecule has 1 heterocycles. The van der Waals surface area contributed by atoms with Gasteiger partial charge in [0.25, 0.3) is 0 Å². The van der Waals surface area contributed by atoms with E-state index in [0.29, 0.717) is 23.0 Å². The first kappa shape index (κ1) is 11.4. The maximum Gasteiger partial charge on any atom is 0.0845 e. The molecule has 1 saturated carbocycles. The standard InChI is InChI=1S/C14H26O/c1-13(2,3)9-7-11-12(15-11)8-10(9)14(4,5)6/h9-12H,7-8H2,1-6H3. The molecule has 0 aromatic heterocycles. The zero-order valence-electron chi connectivity index (χ0n) is 11.1. The SMILES string of the molecule is CC(C)(C)C1CC2OC2CC1C(C)(C)C. The summed E-state index contributed by atoms with van der Waals surface area (Å²) in [6, 6.07) is 0. The number of ether oxygens (including phenoxy) is 1. The molecule has 0 bridgehead atoms. The third-order valence-electron chi connectivity index (χ3n) is 4.37. The Balaban J connectivity index is 2.18. The molecule has 1 saturated heterocycles. The molecule has 0 aromatic rings. The van der Waals surface area contributed by atoms with Crippen molar-refractivity contribution in [3.8, 4) is 0 Å². The molecule has 2 rings (SSSR count). The van der Waals surface area contributed by atoms with E-state index in [4.69, 9.17) is 4.74 Å². The topological polar surface area (TPSA) is 12.5 Å². The van der Waals surface area contributed by atoms with E-state index in [2.05, 4.69) is 41.5 Å². The molecule has 15 heavy (non-hydrogen) atoms. The van der Waals surface area contributed by atoms with Crippen LogP contribution in [0.15, 0.2) is 0 Å². The average Bonchev–Trinajstić information content (AvgIpc) is 2.75. The lowest BCUT2D eigenvalue weighted by Crippen LogP contribution is -2.40. The van der Waals surface area contributed by atoms with Crippen molar-refractivity contribution in [2.45, 2.75) is 66.6 Å². The number of fused-ring (bicyclic) bond motifs is 1. The van der Waals surface area contributed by atoms with E-state index in [9.17, 15) is 0 Å². The Hall–Kier alpha value is -0.0400. The first-order chi connectivity index (χ1) is 6.69. The van der Waals surface area contributed by atoms with E-state index >= 15 is 0 Å². The monoisotopic (exact) mass is 210 g/mol. The predicted octanol–water partition coefficient (Wildman–Crippen LogP) is 3.87. The fourth-order valence-electron chi connectivity index (χ4n) is 3.34. The summed E-state index contributed by atoms with van der Waals surface area (Å²) in [7, 11) is 0. The summed E-state index contributed by atoms with van der Waals surface area (Å²) in [6.45, 7) is 14.3. The second-order valence-corrected chi connectivity index (χ2v) is 7.63. The van der Waals surface area contributed by atoms with E-state index in [0.717, 1.165) is 11.8 Å². The first-order valence-corrected chi connectivity index (χ1v) is 6.35. The quantitative estimate of drug-likeness (QED) is 0.553. The smallest absolute Gasteiger partial charge is 0.0845 e. The Kier molecular flexibility index (Phi) is 2.46. The van der Waals surface area contributed by atoms with Crippen molar-refractivity contribution in [3.63, 3.8) is 0 Å². The van der Waals surface area contributed by atoms with Gasteiger partial charge in [0.2, 0.25) is 0 Å². The molecule has 2 fully saturated rings. The normalized spacial score (nSPS) is 41.2. The minimum Gasteiger partial charge on any atom is -0.370 e. The van der Waals surface area contributed by atoms with Crippen LogP contribution in [0.1, 0.15) is 54.4 Å². The summed E-state index contributed by atoms with van der Waals surface area (Å²) < 4.78 is 5.73. The number of hydrogen-bond acceptors (Lipinski definition) is 1. The lowest BCUT2D eigenvalue weighted by atomic mass is 9.59. The van der Waals surface area contributed by atoms with Crippen LogP contribution < -0.4 is 0 Å². The molecule has 1 aliphatic carbocycles. The van der Waals surface area contributed by atoms with Crippen LogP contribution in [0.3, 0.4) is 0 Å². The lowest BCUT2D eigenvalue weighted by molar-refractivity contribution is 0.0445. The molecule has 1 aliphatic heterocycles. The predicted molar refractivity (Wildman–Crippen MR) is 63.8 cm³/mol. The first-order valence-electron chi connectivity index (χ1n) is 6.35. The Morgan fingerprint density at radius 2 is 1.07 bits per heavy atom. The van der Waals surface area contributed by atoms with Crippen molar-refractivity contribution in [1.29, 1.82) is 0 Å². The van der Waals surface area contributed by atoms with E-state index in [-0.39, 0.29) is 0 Å². The number of hydrogen-bond donors (Lipinski definition) is 0. The highest BCUT2D eigenvalue weighted by molar-refractivity contribution is 5.01. The molecule has 0 N–H and O–H groups in total. The Bertz CT molecular complexity index is 217. The van der Waals surface area contributed by atoms with Gasteiger partial charge < -0.3 is 4.74 Å². The second kappa shape index (κ2) is 3.23. The summed E-state index contributed by atoms with van der Waals surface area (Å²) in [4.78, 5) is 0. The number of rotatable bonds is 0. The molecular formula is C14H26O. The van der Waals surface area contributed by atoms with Gasteiger partial charge in [-0.25, -0.2) is 0 Å². The summed E-state index contributed by atoms with van der Waals surface area (Å²) in [5.74, 6) is 1.64. The summed E-state index contributed by atoms with van der Waals surface area (Å²) >= 11 is 0. The van der Waals surface area contributed by atoms with Gasteiger partial charge in [-0.3, -0.25) is 0 Å². The van der Waals surface area contributed by atoms with Gasteiger partial charge in [-0.15, -0.1) is 0 Å². The molecule has 88 valence electrons. The van der Waals surface area contributed by atoms with Crippen LogP contribution in [-0.2, 0) is 4.74 Å². The molecular weight excluding hydrogens is 184 g/mol. The third-order valence-corrected chi connectivity index (χ3v) is 4.37. The van der Waals surface area contributed by atoms with E-state index in [1.165, 1.54) is 12.8 Å². The van der Waals surface area contributed by atoms with Crippen molar-refractivity contribution in [3.05, 3.63) is 0 Å². The largest absolute Gasteiger partial charge is 0.370 e. The van der Waals surface area contributed by atoms with Crippen LogP contribution in [-0.4, -0.2) is 12.2 Å². The van der Waals surface area contributed by atoms with Gasteiger partial charge in [0, 0.05) is 0 Å². The summed E-state index contributed by atoms with van der Waals surface area (Å²) in [5, 5.41) is 0. The highest BCUT2D eigenvalue weighted by atomic mass is 16.6. The van der Waals surface area contributed by atoms with Crippen molar-refractivity contribution in [1.82, 2.24) is 0 Å². The molecule has 1 nitrogen and oxygen atoms in total. The van der Waals surface area contributed by atoms with Gasteiger partial charge in [-0.1, -0.05) is 41.5 Å². The van der Waals surface area contributed by atoms with Crippen LogP contribution in [0, 0.1) is 22.7 Å². The highest BCUT2D eigenvalue weighted by Crippen LogP contribution is 2.54. The van der Waals surface area contributed by atoms with Crippen molar-refractivity contribution in [2.24, 2.45) is 22.7 Å². The molecule has 2 aliphatic rings. The van der Waals surface area contributed by atoms with Gasteiger partial charge in [-0.05, 0) is 35.5 Å². The van der Waals surface area contributed by atoms with E-state index in [1.54, 1.807) is 0 Å². The highest BCUT2D eigenvalue weighted by Gasteiger charge is 2.53. The molecule has 0 aromatic carbocycles. The maximum atomic E-state index is 5.73. The van der Waals surface area contributed by atoms with Crippen LogP contribution in [0.25, 0.3) is 0 Å². The Labute approximate surface area is 94.6 Å². The third kappa shape index (κ3) is 2.22. The van der Waals surface area contributed by atoms with Crippen LogP contribution in [0.2, 0.25) is 0 Å².